The van der Waals surface area contributed by atoms with Crippen LogP contribution >= 0.6 is 0 Å². The van der Waals surface area contributed by atoms with Gasteiger partial charge in [-0.05, 0) is 0 Å². The Kier molecular flexibility index (Phi) is 8.62. The van der Waals surface area contributed by atoms with E-state index in [0.29, 0.717) is 0 Å². The minimum absolute atomic E-state index is 0. The maximum absolute atomic E-state index is 8.25. The van der Waals surface area contributed by atoms with E-state index in [4.69, 9.17) is 15.3 Å². The third kappa shape index (κ3) is 5.08. The summed E-state index contributed by atoms with van der Waals surface area (Å²) in [6.07, 6.45) is -1.22. The summed E-state index contributed by atoms with van der Waals surface area (Å²) in [5.74, 6) is 0. The zero-order valence-electron chi connectivity index (χ0n) is 16.1. The second kappa shape index (κ2) is 11.2. The predicted octanol–water partition coefficient (Wildman–Crippen LogP) is 2.82. The fourth-order valence-electron chi connectivity index (χ4n) is 4.12. The van der Waals surface area contributed by atoms with Crippen LogP contribution in [0, 0.1) is 15.3 Å². The van der Waals surface area contributed by atoms with Crippen molar-refractivity contribution in [3.05, 3.63) is 137 Å². The van der Waals surface area contributed by atoms with Crippen LogP contribution in [-0.2, 0) is 22.4 Å². The van der Waals surface area contributed by atoms with E-state index in [9.17, 15) is 0 Å². The number of benzene rings is 4. The number of hydrogen-bond donors (Lipinski definition) is 0. The Hall–Kier alpha value is -3.11. The zero-order valence-corrected chi connectivity index (χ0v) is 17.6. The molecule has 4 rings (SSSR count). The molecule has 0 N–H and O–H groups in total. The second-order valence-electron chi connectivity index (χ2n) is 6.73. The monoisotopic (exact) mass is 488 g/mol. The summed E-state index contributed by atoms with van der Waals surface area (Å²) >= 11 is 0. The molecule has 0 saturated carbocycles. The molecule has 1 radical (unpaired) electrons. The van der Waals surface area contributed by atoms with Gasteiger partial charge in [-0.2, -0.15) is 21.9 Å². The first-order valence-electron chi connectivity index (χ1n) is 9.35. The van der Waals surface area contributed by atoms with Crippen molar-refractivity contribution in [1.82, 2.24) is 0 Å². The maximum Gasteiger partial charge on any atom is 0.108 e. The van der Waals surface area contributed by atoms with Crippen LogP contribution in [0.1, 0.15) is 0 Å². The molecule has 4 aromatic rings. The Balaban J connectivity index is 0.000000591. The summed E-state index contributed by atoms with van der Waals surface area (Å²) in [4.78, 5) is 8.25. The summed E-state index contributed by atoms with van der Waals surface area (Å²) in [5, 5.41) is 14.8. The van der Waals surface area contributed by atoms with Crippen LogP contribution in [0.5, 0.6) is 0 Å². The van der Waals surface area contributed by atoms with E-state index in [-0.39, 0.29) is 22.4 Å². The van der Waals surface area contributed by atoms with Crippen LogP contribution < -0.4 is 21.9 Å². The van der Waals surface area contributed by atoms with Crippen molar-refractivity contribution in [2.45, 2.75) is 0 Å². The predicted molar refractivity (Wildman–Crippen MR) is 120 cm³/mol. The number of hydrogen-bond acceptors (Lipinski definition) is 3. The van der Waals surface area contributed by atoms with E-state index in [1.54, 1.807) is 0 Å². The largest absolute Gasteiger partial charge is 0.356 e. The molecule has 0 atom stereocenters. The maximum atomic E-state index is 8.25. The Labute approximate surface area is 191 Å². The average molecular weight is 489 g/mol. The van der Waals surface area contributed by atoms with Gasteiger partial charge in [-0.3, -0.25) is 0 Å². The summed E-state index contributed by atoms with van der Waals surface area (Å²) in [6.45, 7) is 0. The van der Waals surface area contributed by atoms with Gasteiger partial charge in [0, 0.05) is 22.4 Å². The van der Waals surface area contributed by atoms with Crippen molar-refractivity contribution in [2.75, 3.05) is 0 Å². The van der Waals surface area contributed by atoms with Crippen molar-refractivity contribution < 1.29 is 27.5 Å². The molecular formula is C24H20AgBNO3-2. The van der Waals surface area contributed by atoms with E-state index in [2.05, 4.69) is 121 Å². The molecular weight excluding hydrogens is 469 g/mol. The van der Waals surface area contributed by atoms with Gasteiger partial charge in [0.1, 0.15) is 6.15 Å². The molecule has 0 heterocycles. The molecule has 0 bridgehead atoms. The summed E-state index contributed by atoms with van der Waals surface area (Å²) < 4.78 is 0. The molecule has 0 amide bonds. The third-order valence-corrected chi connectivity index (χ3v) is 5.20. The van der Waals surface area contributed by atoms with Crippen molar-refractivity contribution in [1.29, 1.82) is 0 Å². The molecule has 4 nitrogen and oxygen atoms in total. The minimum Gasteiger partial charge on any atom is -0.356 e. The van der Waals surface area contributed by atoms with E-state index in [1.165, 1.54) is 21.9 Å². The van der Waals surface area contributed by atoms with Crippen molar-refractivity contribution in [2.24, 2.45) is 0 Å². The smallest absolute Gasteiger partial charge is 0.108 e. The Bertz CT molecular complexity index is 866. The first-order valence-corrected chi connectivity index (χ1v) is 9.35. The molecule has 6 heteroatoms. The van der Waals surface area contributed by atoms with Crippen LogP contribution in [0.3, 0.4) is 0 Å². The van der Waals surface area contributed by atoms with E-state index < -0.39 is 11.2 Å². The van der Waals surface area contributed by atoms with Gasteiger partial charge in [-0.15, -0.1) is 0 Å². The normalized spacial score (nSPS) is 10.1. The van der Waals surface area contributed by atoms with E-state index >= 15 is 0 Å². The van der Waals surface area contributed by atoms with E-state index in [1.807, 2.05) is 0 Å². The van der Waals surface area contributed by atoms with Gasteiger partial charge in [0.2, 0.25) is 0 Å². The van der Waals surface area contributed by atoms with Crippen molar-refractivity contribution in [3.8, 4) is 0 Å². The molecule has 0 aliphatic heterocycles. The SMILES string of the molecule is O=[N+]([O-])[O-].[Ag].c1ccc([B-](c2ccccc2)(c2ccccc2)c2ccccc2)cc1. The first-order chi connectivity index (χ1) is 14.2. The summed E-state index contributed by atoms with van der Waals surface area (Å²) in [6, 6.07) is 43.5. The third-order valence-electron chi connectivity index (χ3n) is 5.20. The van der Waals surface area contributed by atoms with Gasteiger partial charge in [-0.25, -0.2) is 0 Å². The molecule has 0 aromatic heterocycles. The molecule has 30 heavy (non-hydrogen) atoms. The number of rotatable bonds is 4. The van der Waals surface area contributed by atoms with Crippen molar-refractivity contribution >= 4 is 28.0 Å². The number of nitrogens with zero attached hydrogens (tertiary/aromatic N) is 1. The fourth-order valence-corrected chi connectivity index (χ4v) is 4.12. The van der Waals surface area contributed by atoms with Crippen LogP contribution in [0.2, 0.25) is 0 Å². The fraction of sp³-hybridized carbons (Fsp3) is 0. The van der Waals surface area contributed by atoms with Gasteiger partial charge in [-0.1, -0.05) is 121 Å². The molecule has 0 aliphatic carbocycles. The molecule has 0 unspecified atom stereocenters. The Morgan fingerprint density at radius 1 is 0.467 bits per heavy atom. The zero-order chi connectivity index (χ0) is 20.5. The molecule has 0 fully saturated rings. The van der Waals surface area contributed by atoms with Crippen LogP contribution in [0.15, 0.2) is 121 Å². The van der Waals surface area contributed by atoms with Gasteiger partial charge >= 0.3 is 0 Å². The standard InChI is InChI=1S/C24H20B.Ag.NO3/c1-5-13-21(14-6-1)25(22-15-7-2-8-16-22,23-17-9-3-10-18-23)24-19-11-4-12-20-24;;2-1(3)4/h1-20H;;/q-1;;-1. The van der Waals surface area contributed by atoms with Crippen LogP contribution in [-0.4, -0.2) is 11.2 Å². The molecule has 0 aliphatic rings. The van der Waals surface area contributed by atoms with Crippen LogP contribution in [0.4, 0.5) is 0 Å². The first kappa shape index (κ1) is 23.2. The van der Waals surface area contributed by atoms with Gasteiger partial charge in [0.15, 0.2) is 0 Å². The minimum atomic E-state index is -1.75. The second-order valence-corrected chi connectivity index (χ2v) is 6.73. The quantitative estimate of drug-likeness (QED) is 0.252. The van der Waals surface area contributed by atoms with Crippen LogP contribution in [0.25, 0.3) is 0 Å². The Morgan fingerprint density at radius 2 is 0.633 bits per heavy atom. The van der Waals surface area contributed by atoms with Gasteiger partial charge in [0.05, 0.1) is 5.09 Å². The molecule has 0 spiro atoms. The van der Waals surface area contributed by atoms with Crippen molar-refractivity contribution in [3.63, 3.8) is 0 Å². The average Bonchev–Trinajstić information content (AvgIpc) is 2.77. The Morgan fingerprint density at radius 3 is 0.800 bits per heavy atom. The molecule has 155 valence electrons. The van der Waals surface area contributed by atoms with Gasteiger partial charge < -0.3 is 15.3 Å². The summed E-state index contributed by atoms with van der Waals surface area (Å²) in [7, 11) is 0. The summed E-state index contributed by atoms with van der Waals surface area (Å²) in [5.41, 5.74) is 5.36. The van der Waals surface area contributed by atoms with E-state index in [0.717, 1.165) is 0 Å². The molecule has 4 aromatic carbocycles. The van der Waals surface area contributed by atoms with Gasteiger partial charge in [0.25, 0.3) is 0 Å². The molecule has 0 saturated heterocycles. The topological polar surface area (TPSA) is 66.2 Å².